The molecule has 3 aliphatic rings. The number of H-pyrrole nitrogens is 1. The topological polar surface area (TPSA) is 199 Å². The van der Waals surface area contributed by atoms with E-state index in [0.29, 0.717) is 80.9 Å². The van der Waals surface area contributed by atoms with Gasteiger partial charge in [-0.15, -0.1) is 13.2 Å². The summed E-state index contributed by atoms with van der Waals surface area (Å²) in [6.45, 7) is 8.53. The number of carbonyl (C=O) groups is 4. The van der Waals surface area contributed by atoms with E-state index >= 15 is 0 Å². The average molecular weight is 895 g/mol. The van der Waals surface area contributed by atoms with E-state index in [1.54, 1.807) is 41.8 Å². The van der Waals surface area contributed by atoms with Crippen LogP contribution in [-0.2, 0) is 19.1 Å². The van der Waals surface area contributed by atoms with Crippen LogP contribution in [0.4, 0.5) is 28.4 Å². The number of aliphatic hydroxyl groups excluding tert-OH is 1. The third kappa shape index (κ3) is 10.8. The van der Waals surface area contributed by atoms with Crippen molar-refractivity contribution in [3.05, 3.63) is 54.4 Å². The minimum absolute atomic E-state index is 0.0847. The summed E-state index contributed by atoms with van der Waals surface area (Å²) in [6, 6.07) is 11.3. The normalized spacial score (nSPS) is 19.4. The van der Waals surface area contributed by atoms with E-state index in [9.17, 15) is 37.5 Å². The van der Waals surface area contributed by atoms with Crippen LogP contribution in [0, 0.1) is 17.3 Å². The molecule has 3 saturated heterocycles. The Labute approximate surface area is 368 Å². The van der Waals surface area contributed by atoms with Gasteiger partial charge in [-0.3, -0.25) is 9.59 Å². The molecule has 3 fully saturated rings. The van der Waals surface area contributed by atoms with E-state index in [-0.39, 0.29) is 54.1 Å². The Morgan fingerprint density at radius 2 is 1.75 bits per heavy atom. The van der Waals surface area contributed by atoms with Crippen LogP contribution in [0.3, 0.4) is 0 Å². The van der Waals surface area contributed by atoms with Gasteiger partial charge in [-0.2, -0.15) is 0 Å². The number of nitrogens with one attached hydrogen (secondary N) is 5. The van der Waals surface area contributed by atoms with Crippen molar-refractivity contribution in [2.45, 2.75) is 77.4 Å². The molecule has 3 aliphatic heterocycles. The number of likely N-dealkylation sites (tertiary alicyclic amines) is 2. The van der Waals surface area contributed by atoms with Crippen molar-refractivity contribution in [3.8, 4) is 16.9 Å². The molecule has 0 aliphatic carbocycles. The molecule has 64 heavy (non-hydrogen) atoms. The summed E-state index contributed by atoms with van der Waals surface area (Å²) in [4.78, 5) is 63.9. The largest absolute Gasteiger partial charge is 0.573 e. The number of benzene rings is 3. The molecule has 4 heterocycles. The summed E-state index contributed by atoms with van der Waals surface area (Å²) in [5, 5.41) is 22.4. The molecule has 0 saturated carbocycles. The first-order valence-electron chi connectivity index (χ1n) is 21.8. The number of aromatic amines is 1. The summed E-state index contributed by atoms with van der Waals surface area (Å²) in [7, 11) is 1.26. The van der Waals surface area contributed by atoms with E-state index in [0.717, 1.165) is 29.8 Å². The van der Waals surface area contributed by atoms with Crippen molar-refractivity contribution in [1.29, 1.82) is 0 Å². The molecule has 6 N–H and O–H groups in total. The summed E-state index contributed by atoms with van der Waals surface area (Å²) < 4.78 is 56.2. The summed E-state index contributed by atoms with van der Waals surface area (Å²) in [5.74, 6) is -0.163. The van der Waals surface area contributed by atoms with Crippen molar-refractivity contribution in [2.75, 3.05) is 65.0 Å². The highest BCUT2D eigenvalue weighted by Gasteiger charge is 2.42. The number of carbonyl (C=O) groups excluding carboxylic acids is 4. The predicted molar refractivity (Wildman–Crippen MR) is 232 cm³/mol. The second kappa shape index (κ2) is 19.6. The molecule has 3 atom stereocenters. The molecule has 4 aromatic rings. The molecule has 1 aromatic heterocycles. The van der Waals surface area contributed by atoms with Crippen LogP contribution in [0.25, 0.3) is 32.9 Å². The first-order valence-corrected chi connectivity index (χ1v) is 21.8. The zero-order valence-corrected chi connectivity index (χ0v) is 36.5. The summed E-state index contributed by atoms with van der Waals surface area (Å²) in [6.07, 6.45) is -2.36. The van der Waals surface area contributed by atoms with Gasteiger partial charge in [0.2, 0.25) is 11.8 Å². The maximum Gasteiger partial charge on any atom is 0.573 e. The number of alkyl halides is 3. The van der Waals surface area contributed by atoms with Gasteiger partial charge in [0.15, 0.2) is 0 Å². The highest BCUT2D eigenvalue weighted by Crippen LogP contribution is 2.40. The van der Waals surface area contributed by atoms with E-state index in [1.807, 2.05) is 12.1 Å². The Morgan fingerprint density at radius 1 is 1.00 bits per heavy atom. The zero-order valence-electron chi connectivity index (χ0n) is 36.5. The number of piperidine rings is 1. The number of anilines is 1. The second-order valence-corrected chi connectivity index (χ2v) is 17.6. The second-order valence-electron chi connectivity index (χ2n) is 17.6. The highest BCUT2D eigenvalue weighted by atomic mass is 19.4. The van der Waals surface area contributed by atoms with Crippen molar-refractivity contribution in [2.24, 2.45) is 17.3 Å². The number of nitrogens with zero attached hydrogens (tertiary/aromatic N) is 3. The fourth-order valence-electron chi connectivity index (χ4n) is 8.95. The lowest BCUT2D eigenvalue weighted by Crippen LogP contribution is -2.53. The number of amides is 5. The van der Waals surface area contributed by atoms with Gasteiger partial charge < -0.3 is 55.4 Å². The van der Waals surface area contributed by atoms with Gasteiger partial charge in [-0.25, -0.2) is 14.6 Å². The van der Waals surface area contributed by atoms with E-state index in [1.165, 1.54) is 19.2 Å². The minimum atomic E-state index is -5.01. The Hall–Kier alpha value is -5.66. The lowest BCUT2D eigenvalue weighted by molar-refractivity contribution is -0.274. The first-order chi connectivity index (χ1) is 30.5. The van der Waals surface area contributed by atoms with Crippen LogP contribution in [0.5, 0.6) is 5.75 Å². The number of hydrogen-bond acceptors (Lipinski definition) is 10. The maximum absolute atomic E-state index is 14.2. The predicted octanol–water partition coefficient (Wildman–Crippen LogP) is 6.06. The molecule has 0 bridgehead atoms. The van der Waals surface area contributed by atoms with Gasteiger partial charge in [-0.1, -0.05) is 25.1 Å². The van der Waals surface area contributed by atoms with Gasteiger partial charge in [0.25, 0.3) is 0 Å². The number of methoxy groups -OCH3 is 1. The molecule has 7 rings (SSSR count). The highest BCUT2D eigenvalue weighted by molar-refractivity contribution is 6.05. The Morgan fingerprint density at radius 3 is 2.45 bits per heavy atom. The quantitative estimate of drug-likeness (QED) is 0.0858. The molecule has 5 amide bonds. The number of hydrogen-bond donors (Lipinski definition) is 6. The number of ether oxygens (including phenoxy) is 3. The SMILES string of the molecule is COC(=O)N[C@H](C(=O)N1C[C@@H](C)C[C@H]1c1nc2c(ccc3cc(-c4ccc(NC(=O)NCCNC5CCN(C(=O)C(C)(C)CO)CC5)cc4OC(F)(F)F)ccc32)[nH]1)C1CCOCC1. The lowest BCUT2D eigenvalue weighted by atomic mass is 9.90. The zero-order chi connectivity index (χ0) is 45.8. The number of aliphatic hydroxyl groups is 1. The molecular weight excluding hydrogens is 838 g/mol. The van der Waals surface area contributed by atoms with Crippen molar-refractivity contribution >= 4 is 51.4 Å². The standard InChI is InChI=1S/C45H57F3N8O8/c1-26-21-35(56(24-26)40(58)37(54-43(61)62-4)27-13-19-63-20-14-27)39-52-34-10-6-29-22-28(5-8-33(29)38(34)53-39)32-9-7-31(23-36(32)64-45(46,47)48)51-42(60)50-16-15-49-30-11-17-55(18-12-30)41(59)44(2,3)25-57/h5-10,22-23,26-27,30,35,37,49,57H,11-21,24-25H2,1-4H3,(H,52,53)(H,54,61)(H2,50,51,60)/t26-,35-,37-/m0/s1. The summed E-state index contributed by atoms with van der Waals surface area (Å²) >= 11 is 0. The van der Waals surface area contributed by atoms with Crippen LogP contribution in [0.2, 0.25) is 0 Å². The van der Waals surface area contributed by atoms with Gasteiger partial charge in [0.05, 0.1) is 36.2 Å². The minimum Gasteiger partial charge on any atom is -0.453 e. The molecule has 3 aromatic carbocycles. The maximum atomic E-state index is 14.2. The van der Waals surface area contributed by atoms with E-state index < -0.39 is 41.7 Å². The Balaban J connectivity index is 1.02. The van der Waals surface area contributed by atoms with E-state index in [2.05, 4.69) is 37.9 Å². The average Bonchev–Trinajstić information content (AvgIpc) is 3.90. The van der Waals surface area contributed by atoms with Gasteiger partial charge in [0.1, 0.15) is 17.6 Å². The van der Waals surface area contributed by atoms with Crippen LogP contribution in [-0.4, -0.2) is 127 Å². The first kappa shape index (κ1) is 46.3. The Kier molecular flexibility index (Phi) is 14.2. The van der Waals surface area contributed by atoms with Gasteiger partial charge in [0, 0.05) is 74.7 Å². The molecule has 0 spiro atoms. The molecule has 19 heteroatoms. The number of aromatic nitrogens is 2. The molecule has 0 unspecified atom stereocenters. The molecule has 0 radical (unpaired) electrons. The van der Waals surface area contributed by atoms with Crippen molar-refractivity contribution < 1.29 is 51.7 Å². The molecular formula is C45H57F3N8O8. The number of halogens is 3. The fraction of sp³-hybridized carbons (Fsp3) is 0.533. The smallest absolute Gasteiger partial charge is 0.453 e. The van der Waals surface area contributed by atoms with Crippen LogP contribution in [0.1, 0.15) is 64.7 Å². The number of alkyl carbamates (subject to hydrolysis) is 1. The third-order valence-electron chi connectivity index (χ3n) is 12.4. The Bertz CT molecular complexity index is 2330. The van der Waals surface area contributed by atoms with Crippen molar-refractivity contribution in [1.82, 2.24) is 35.7 Å². The number of fused-ring (bicyclic) bond motifs is 3. The van der Waals surface area contributed by atoms with Crippen LogP contribution in [0.15, 0.2) is 48.5 Å². The summed E-state index contributed by atoms with van der Waals surface area (Å²) in [5.41, 5.74) is 1.21. The monoisotopic (exact) mass is 894 g/mol. The lowest BCUT2D eigenvalue weighted by Gasteiger charge is -2.36. The van der Waals surface area contributed by atoms with Gasteiger partial charge in [-0.05, 0) is 93.0 Å². The number of imidazole rings is 1. The van der Waals surface area contributed by atoms with Crippen LogP contribution >= 0.6 is 0 Å². The van der Waals surface area contributed by atoms with Gasteiger partial charge >= 0.3 is 18.5 Å². The molecule has 346 valence electrons. The molecule has 16 nitrogen and oxygen atoms in total. The van der Waals surface area contributed by atoms with Crippen molar-refractivity contribution in [3.63, 3.8) is 0 Å². The number of urea groups is 1. The van der Waals surface area contributed by atoms with E-state index in [4.69, 9.17) is 14.5 Å². The third-order valence-corrected chi connectivity index (χ3v) is 12.4. The number of rotatable bonds is 13. The van der Waals surface area contributed by atoms with Crippen LogP contribution < -0.4 is 26.0 Å². The fourth-order valence-corrected chi connectivity index (χ4v) is 8.95.